The predicted octanol–water partition coefficient (Wildman–Crippen LogP) is 2.67. The second-order valence-corrected chi connectivity index (χ2v) is 8.93. The average molecular weight is 390 g/mol. The fourth-order valence-electron chi connectivity index (χ4n) is 2.52. The number of methoxy groups -OCH3 is 1. The average Bonchev–Trinajstić information content (AvgIpc) is 2.55. The highest BCUT2D eigenvalue weighted by atomic mass is 35.5. The van der Waals surface area contributed by atoms with Gasteiger partial charge in [-0.2, -0.15) is 0 Å². The van der Waals surface area contributed by atoms with Crippen LogP contribution in [0.15, 0.2) is 18.2 Å². The number of benzene rings is 1. The second-order valence-electron chi connectivity index (χ2n) is 6.25. The number of hydrogen-bond acceptors (Lipinski definition) is 4. The molecule has 0 bridgehead atoms. The highest BCUT2D eigenvalue weighted by molar-refractivity contribution is 7.90. The van der Waals surface area contributed by atoms with E-state index >= 15 is 0 Å². The summed E-state index contributed by atoms with van der Waals surface area (Å²) in [6.07, 6.45) is 1.17. The Hall–Kier alpha value is -1.51. The summed E-state index contributed by atoms with van der Waals surface area (Å²) >= 11 is 6.05. The van der Waals surface area contributed by atoms with Crippen LogP contribution in [-0.4, -0.2) is 50.8 Å². The van der Waals surface area contributed by atoms with Crippen molar-refractivity contribution >= 4 is 33.3 Å². The SMILES string of the molecule is COc1ccc(NC(=O)N2CCC(NS(=O)(=O)C(C)C)CC2)cc1Cl. The van der Waals surface area contributed by atoms with E-state index in [9.17, 15) is 13.2 Å². The zero-order valence-electron chi connectivity index (χ0n) is 14.6. The van der Waals surface area contributed by atoms with Crippen molar-refractivity contribution in [1.29, 1.82) is 0 Å². The minimum atomic E-state index is -3.29. The van der Waals surface area contributed by atoms with Crippen molar-refractivity contribution in [2.45, 2.75) is 38.0 Å². The Bertz CT molecular complexity index is 716. The number of likely N-dealkylation sites (tertiary alicyclic amines) is 1. The molecule has 1 aromatic rings. The molecule has 2 amide bonds. The third kappa shape index (κ3) is 5.23. The molecule has 7 nitrogen and oxygen atoms in total. The molecule has 9 heteroatoms. The number of anilines is 1. The number of urea groups is 1. The molecule has 1 fully saturated rings. The molecule has 0 aliphatic carbocycles. The first-order chi connectivity index (χ1) is 11.7. The molecule has 0 radical (unpaired) electrons. The van der Waals surface area contributed by atoms with Crippen LogP contribution in [0.3, 0.4) is 0 Å². The van der Waals surface area contributed by atoms with E-state index in [0.717, 1.165) is 0 Å². The van der Waals surface area contributed by atoms with E-state index in [4.69, 9.17) is 16.3 Å². The Morgan fingerprint density at radius 3 is 2.48 bits per heavy atom. The Labute approximate surface area is 153 Å². The number of nitrogens with zero attached hydrogens (tertiary/aromatic N) is 1. The summed E-state index contributed by atoms with van der Waals surface area (Å²) in [7, 11) is -1.77. The summed E-state index contributed by atoms with van der Waals surface area (Å²) in [5.41, 5.74) is 0.582. The van der Waals surface area contributed by atoms with Crippen LogP contribution < -0.4 is 14.8 Å². The Balaban J connectivity index is 1.88. The van der Waals surface area contributed by atoms with Crippen LogP contribution in [0.5, 0.6) is 5.75 Å². The van der Waals surface area contributed by atoms with Gasteiger partial charge in [0.25, 0.3) is 0 Å². The first kappa shape index (κ1) is 19.8. The molecular formula is C16H24ClN3O4S. The van der Waals surface area contributed by atoms with Crippen LogP contribution in [0.25, 0.3) is 0 Å². The van der Waals surface area contributed by atoms with E-state index in [1.54, 1.807) is 36.9 Å². The maximum absolute atomic E-state index is 12.3. The van der Waals surface area contributed by atoms with Gasteiger partial charge >= 0.3 is 6.03 Å². The first-order valence-electron chi connectivity index (χ1n) is 8.13. The molecule has 1 aliphatic heterocycles. The van der Waals surface area contributed by atoms with Crippen LogP contribution in [0.2, 0.25) is 5.02 Å². The van der Waals surface area contributed by atoms with Gasteiger partial charge in [0.2, 0.25) is 10.0 Å². The molecule has 0 unspecified atom stereocenters. The Morgan fingerprint density at radius 2 is 1.96 bits per heavy atom. The number of carbonyl (C=O) groups excluding carboxylic acids is 1. The number of piperidine rings is 1. The highest BCUT2D eigenvalue weighted by Crippen LogP contribution is 2.27. The lowest BCUT2D eigenvalue weighted by molar-refractivity contribution is 0.193. The maximum Gasteiger partial charge on any atom is 0.321 e. The van der Waals surface area contributed by atoms with E-state index in [1.807, 2.05) is 0 Å². The summed E-state index contributed by atoms with van der Waals surface area (Å²) < 4.78 is 31.6. The van der Waals surface area contributed by atoms with Crippen LogP contribution >= 0.6 is 11.6 Å². The standard InChI is InChI=1S/C16H24ClN3O4S/c1-11(2)25(22,23)19-12-6-8-20(9-7-12)16(21)18-13-4-5-15(24-3)14(17)10-13/h4-5,10-12,19H,6-9H2,1-3H3,(H,18,21). The van der Waals surface area contributed by atoms with Crippen LogP contribution in [-0.2, 0) is 10.0 Å². The largest absolute Gasteiger partial charge is 0.495 e. The first-order valence-corrected chi connectivity index (χ1v) is 10.1. The van der Waals surface area contributed by atoms with Gasteiger partial charge in [0.1, 0.15) is 5.75 Å². The minimum absolute atomic E-state index is 0.133. The topological polar surface area (TPSA) is 87.7 Å². The van der Waals surface area contributed by atoms with Gasteiger partial charge in [0.15, 0.2) is 0 Å². The Morgan fingerprint density at radius 1 is 1.32 bits per heavy atom. The molecule has 25 heavy (non-hydrogen) atoms. The second kappa shape index (κ2) is 8.25. The quantitative estimate of drug-likeness (QED) is 0.810. The number of rotatable bonds is 5. The van der Waals surface area contributed by atoms with Crippen molar-refractivity contribution in [3.63, 3.8) is 0 Å². The maximum atomic E-state index is 12.3. The van der Waals surface area contributed by atoms with Gasteiger partial charge in [0.05, 0.1) is 17.4 Å². The number of hydrogen-bond donors (Lipinski definition) is 2. The van der Waals surface area contributed by atoms with Gasteiger partial charge in [-0.1, -0.05) is 11.6 Å². The number of halogens is 1. The summed E-state index contributed by atoms with van der Waals surface area (Å²) in [5.74, 6) is 0.540. The van der Waals surface area contributed by atoms with Gasteiger partial charge in [-0.25, -0.2) is 17.9 Å². The zero-order valence-corrected chi connectivity index (χ0v) is 16.2. The lowest BCUT2D eigenvalue weighted by Gasteiger charge is -2.32. The van der Waals surface area contributed by atoms with Crippen molar-refractivity contribution in [2.75, 3.05) is 25.5 Å². The van der Waals surface area contributed by atoms with Gasteiger partial charge < -0.3 is 15.0 Å². The Kier molecular flexibility index (Phi) is 6.53. The van der Waals surface area contributed by atoms with E-state index < -0.39 is 15.3 Å². The van der Waals surface area contributed by atoms with Crippen LogP contribution in [0.4, 0.5) is 10.5 Å². The highest BCUT2D eigenvalue weighted by Gasteiger charge is 2.27. The number of ether oxygens (including phenoxy) is 1. The number of carbonyl (C=O) groups is 1. The molecule has 0 spiro atoms. The monoisotopic (exact) mass is 389 g/mol. The molecular weight excluding hydrogens is 366 g/mol. The summed E-state index contributed by atoms with van der Waals surface area (Å²) in [5, 5.41) is 2.75. The molecule has 2 rings (SSSR count). The van der Waals surface area contributed by atoms with Gasteiger partial charge in [-0.05, 0) is 44.9 Å². The molecule has 0 aromatic heterocycles. The minimum Gasteiger partial charge on any atom is -0.495 e. The van der Waals surface area contributed by atoms with E-state index in [-0.39, 0.29) is 12.1 Å². The third-order valence-corrected chi connectivity index (χ3v) is 6.34. The number of sulfonamides is 1. The molecule has 0 saturated carbocycles. The van der Waals surface area contributed by atoms with Crippen molar-refractivity contribution in [3.8, 4) is 5.75 Å². The summed E-state index contributed by atoms with van der Waals surface area (Å²) in [4.78, 5) is 14.0. The third-order valence-electron chi connectivity index (χ3n) is 4.14. The van der Waals surface area contributed by atoms with Crippen molar-refractivity contribution in [3.05, 3.63) is 23.2 Å². The molecule has 2 N–H and O–H groups in total. The zero-order chi connectivity index (χ0) is 18.6. The van der Waals surface area contributed by atoms with E-state index in [1.165, 1.54) is 7.11 Å². The van der Waals surface area contributed by atoms with E-state index in [0.29, 0.717) is 42.4 Å². The van der Waals surface area contributed by atoms with Crippen LogP contribution in [0.1, 0.15) is 26.7 Å². The fourth-order valence-corrected chi connectivity index (χ4v) is 3.75. The van der Waals surface area contributed by atoms with Crippen LogP contribution in [0, 0.1) is 0 Å². The van der Waals surface area contributed by atoms with Gasteiger partial charge in [0, 0.05) is 24.8 Å². The molecule has 140 valence electrons. The van der Waals surface area contributed by atoms with Crippen molar-refractivity contribution < 1.29 is 17.9 Å². The number of nitrogens with one attached hydrogen (secondary N) is 2. The molecule has 1 heterocycles. The van der Waals surface area contributed by atoms with Gasteiger partial charge in [-0.15, -0.1) is 0 Å². The smallest absolute Gasteiger partial charge is 0.321 e. The molecule has 1 saturated heterocycles. The predicted molar refractivity (Wildman–Crippen MR) is 98.8 cm³/mol. The van der Waals surface area contributed by atoms with Gasteiger partial charge in [-0.3, -0.25) is 0 Å². The van der Waals surface area contributed by atoms with E-state index in [2.05, 4.69) is 10.0 Å². The molecule has 0 atom stereocenters. The normalized spacial score (nSPS) is 16.1. The lowest BCUT2D eigenvalue weighted by atomic mass is 10.1. The fraction of sp³-hybridized carbons (Fsp3) is 0.562. The molecule has 1 aromatic carbocycles. The summed E-state index contributed by atoms with van der Waals surface area (Å²) in [6, 6.07) is 4.66. The molecule has 1 aliphatic rings. The van der Waals surface area contributed by atoms with Crippen molar-refractivity contribution in [1.82, 2.24) is 9.62 Å². The van der Waals surface area contributed by atoms with Crippen molar-refractivity contribution in [2.24, 2.45) is 0 Å². The summed E-state index contributed by atoms with van der Waals surface area (Å²) in [6.45, 7) is 4.26. The number of amides is 2. The lowest BCUT2D eigenvalue weighted by Crippen LogP contribution is -2.48.